The first-order chi connectivity index (χ1) is 12.7. The molecule has 4 saturated carbocycles. The van der Waals surface area contributed by atoms with Crippen LogP contribution in [-0.2, 0) is 11.3 Å². The molecule has 6 rings (SSSR count). The fourth-order valence-electron chi connectivity index (χ4n) is 6.32. The molecule has 2 aromatic heterocycles. The van der Waals surface area contributed by atoms with Crippen LogP contribution in [0.1, 0.15) is 50.5 Å². The van der Waals surface area contributed by atoms with Gasteiger partial charge in [0.05, 0.1) is 6.26 Å². The lowest BCUT2D eigenvalue weighted by Gasteiger charge is -2.56. The van der Waals surface area contributed by atoms with E-state index in [2.05, 4.69) is 10.3 Å². The van der Waals surface area contributed by atoms with E-state index in [9.17, 15) is 4.79 Å². The molecule has 4 bridgehead atoms. The number of pyridine rings is 1. The van der Waals surface area contributed by atoms with Crippen molar-refractivity contribution < 1.29 is 9.21 Å². The summed E-state index contributed by atoms with van der Waals surface area (Å²) >= 11 is 0. The second-order valence-electron chi connectivity index (χ2n) is 8.86. The van der Waals surface area contributed by atoms with Crippen molar-refractivity contribution in [2.45, 2.75) is 51.5 Å². The third-order valence-electron chi connectivity index (χ3n) is 6.82. The van der Waals surface area contributed by atoms with Gasteiger partial charge >= 0.3 is 0 Å². The molecule has 4 nitrogen and oxygen atoms in total. The maximum absolute atomic E-state index is 12.7. The molecule has 0 unspecified atom stereocenters. The minimum absolute atomic E-state index is 0.196. The van der Waals surface area contributed by atoms with Gasteiger partial charge in [0.2, 0.25) is 5.91 Å². The van der Waals surface area contributed by atoms with Gasteiger partial charge in [0.15, 0.2) is 5.76 Å². The average molecular weight is 350 g/mol. The van der Waals surface area contributed by atoms with Gasteiger partial charge in [-0.1, -0.05) is 6.07 Å². The highest BCUT2D eigenvalue weighted by molar-refractivity contribution is 5.77. The van der Waals surface area contributed by atoms with Crippen molar-refractivity contribution in [1.82, 2.24) is 10.3 Å². The van der Waals surface area contributed by atoms with E-state index in [1.54, 1.807) is 12.5 Å². The second kappa shape index (κ2) is 6.26. The van der Waals surface area contributed by atoms with E-state index in [-0.39, 0.29) is 11.3 Å². The van der Waals surface area contributed by atoms with Gasteiger partial charge < -0.3 is 9.73 Å². The summed E-state index contributed by atoms with van der Waals surface area (Å²) < 4.78 is 5.48. The van der Waals surface area contributed by atoms with Gasteiger partial charge in [-0.2, -0.15) is 0 Å². The molecule has 0 spiro atoms. The maximum atomic E-state index is 12.7. The summed E-state index contributed by atoms with van der Waals surface area (Å²) in [5, 5.41) is 3.16. The Labute approximate surface area is 154 Å². The standard InChI is InChI=1S/C22H26N2O2/c25-20(13-22-10-15-7-16(11-22)9-17(8-15)12-22)24-14-18-3-1-5-23-21(18)19-4-2-6-26-19/h1-6,15-17H,7-14H2,(H,24,25). The Morgan fingerprint density at radius 1 is 1.12 bits per heavy atom. The number of aromatic nitrogens is 1. The van der Waals surface area contributed by atoms with E-state index >= 15 is 0 Å². The minimum atomic E-state index is 0.196. The van der Waals surface area contributed by atoms with Crippen LogP contribution in [0.4, 0.5) is 0 Å². The van der Waals surface area contributed by atoms with Gasteiger partial charge in [0.25, 0.3) is 0 Å². The summed E-state index contributed by atoms with van der Waals surface area (Å²) in [7, 11) is 0. The second-order valence-corrected chi connectivity index (χ2v) is 8.86. The van der Waals surface area contributed by atoms with Gasteiger partial charge in [0.1, 0.15) is 5.69 Å². The molecule has 136 valence electrons. The maximum Gasteiger partial charge on any atom is 0.220 e. The van der Waals surface area contributed by atoms with Crippen LogP contribution in [0.15, 0.2) is 41.1 Å². The van der Waals surface area contributed by atoms with Crippen LogP contribution in [0.5, 0.6) is 0 Å². The van der Waals surface area contributed by atoms with E-state index in [0.29, 0.717) is 13.0 Å². The smallest absolute Gasteiger partial charge is 0.220 e. The number of furan rings is 1. The van der Waals surface area contributed by atoms with E-state index in [1.165, 1.54) is 38.5 Å². The zero-order valence-electron chi connectivity index (χ0n) is 15.1. The van der Waals surface area contributed by atoms with E-state index in [0.717, 1.165) is 34.8 Å². The molecule has 4 aliphatic carbocycles. The van der Waals surface area contributed by atoms with Gasteiger partial charge in [0, 0.05) is 24.7 Å². The van der Waals surface area contributed by atoms with Crippen molar-refractivity contribution in [1.29, 1.82) is 0 Å². The minimum Gasteiger partial charge on any atom is -0.463 e. The van der Waals surface area contributed by atoms with Crippen LogP contribution in [0.25, 0.3) is 11.5 Å². The Kier molecular flexibility index (Phi) is 3.87. The molecular weight excluding hydrogens is 324 g/mol. The monoisotopic (exact) mass is 350 g/mol. The SMILES string of the molecule is O=C(CC12CC3CC(CC(C3)C1)C2)NCc1cccnc1-c1ccco1. The van der Waals surface area contributed by atoms with Crippen molar-refractivity contribution in [3.63, 3.8) is 0 Å². The van der Waals surface area contributed by atoms with E-state index in [1.807, 2.05) is 24.3 Å². The van der Waals surface area contributed by atoms with Crippen LogP contribution < -0.4 is 5.32 Å². The molecule has 0 radical (unpaired) electrons. The lowest BCUT2D eigenvalue weighted by Crippen LogP contribution is -2.47. The first kappa shape index (κ1) is 16.1. The first-order valence-electron chi connectivity index (χ1n) is 9.94. The zero-order valence-corrected chi connectivity index (χ0v) is 15.1. The lowest BCUT2D eigenvalue weighted by atomic mass is 9.49. The van der Waals surface area contributed by atoms with Crippen LogP contribution >= 0.6 is 0 Å². The first-order valence-corrected chi connectivity index (χ1v) is 9.94. The largest absolute Gasteiger partial charge is 0.463 e. The van der Waals surface area contributed by atoms with Gasteiger partial charge in [-0.15, -0.1) is 0 Å². The van der Waals surface area contributed by atoms with E-state index < -0.39 is 0 Å². The van der Waals surface area contributed by atoms with Crippen LogP contribution in [-0.4, -0.2) is 10.9 Å². The van der Waals surface area contributed by atoms with Crippen molar-refractivity contribution in [3.8, 4) is 11.5 Å². The quantitative estimate of drug-likeness (QED) is 0.860. The third-order valence-corrected chi connectivity index (χ3v) is 6.82. The summed E-state index contributed by atoms with van der Waals surface area (Å²) in [4.78, 5) is 17.2. The molecule has 4 heteroatoms. The molecule has 2 heterocycles. The van der Waals surface area contributed by atoms with Crippen molar-refractivity contribution in [2.24, 2.45) is 23.2 Å². The Morgan fingerprint density at radius 2 is 1.85 bits per heavy atom. The Balaban J connectivity index is 1.25. The zero-order chi connectivity index (χ0) is 17.6. The number of hydrogen-bond donors (Lipinski definition) is 1. The summed E-state index contributed by atoms with van der Waals surface area (Å²) in [6.07, 6.45) is 12.2. The Bertz CT molecular complexity index is 761. The lowest BCUT2D eigenvalue weighted by molar-refractivity contribution is -0.129. The number of rotatable bonds is 5. The number of nitrogens with one attached hydrogen (secondary N) is 1. The molecule has 2 aromatic rings. The molecule has 0 saturated heterocycles. The van der Waals surface area contributed by atoms with Crippen LogP contribution in [0.2, 0.25) is 0 Å². The van der Waals surface area contributed by atoms with Gasteiger partial charge in [-0.05, 0) is 79.9 Å². The molecule has 26 heavy (non-hydrogen) atoms. The van der Waals surface area contributed by atoms with Crippen LogP contribution in [0.3, 0.4) is 0 Å². The number of carbonyl (C=O) groups is 1. The van der Waals surface area contributed by atoms with Crippen LogP contribution in [0, 0.1) is 23.2 Å². The van der Waals surface area contributed by atoms with E-state index in [4.69, 9.17) is 4.42 Å². The number of hydrogen-bond acceptors (Lipinski definition) is 3. The van der Waals surface area contributed by atoms with Crippen molar-refractivity contribution >= 4 is 5.91 Å². The number of carbonyl (C=O) groups excluding carboxylic acids is 1. The Hall–Kier alpha value is -2.10. The molecule has 0 atom stereocenters. The van der Waals surface area contributed by atoms with Crippen molar-refractivity contribution in [3.05, 3.63) is 42.3 Å². The molecule has 0 aliphatic heterocycles. The predicted octanol–water partition coefficient (Wildman–Crippen LogP) is 4.56. The van der Waals surface area contributed by atoms with Gasteiger partial charge in [-0.3, -0.25) is 9.78 Å². The Morgan fingerprint density at radius 3 is 2.50 bits per heavy atom. The predicted molar refractivity (Wildman–Crippen MR) is 99.0 cm³/mol. The highest BCUT2D eigenvalue weighted by Crippen LogP contribution is 2.61. The summed E-state index contributed by atoms with van der Waals surface area (Å²) in [5.74, 6) is 3.60. The number of nitrogens with zero attached hydrogens (tertiary/aromatic N) is 1. The fourth-order valence-corrected chi connectivity index (χ4v) is 6.32. The normalized spacial score (nSPS) is 31.9. The van der Waals surface area contributed by atoms with Crippen molar-refractivity contribution in [2.75, 3.05) is 0 Å². The molecule has 4 fully saturated rings. The average Bonchev–Trinajstić information content (AvgIpc) is 3.13. The summed E-state index contributed by atoms with van der Waals surface area (Å²) in [6.45, 7) is 0.509. The molecule has 1 amide bonds. The topological polar surface area (TPSA) is 55.1 Å². The summed E-state index contributed by atoms with van der Waals surface area (Å²) in [6, 6.07) is 7.69. The summed E-state index contributed by atoms with van der Waals surface area (Å²) in [5.41, 5.74) is 2.10. The molecular formula is C22H26N2O2. The fraction of sp³-hybridized carbons (Fsp3) is 0.545. The molecule has 1 N–H and O–H groups in total. The number of amides is 1. The molecule has 4 aliphatic rings. The highest BCUT2D eigenvalue weighted by atomic mass is 16.3. The third kappa shape index (κ3) is 2.95. The van der Waals surface area contributed by atoms with Gasteiger partial charge in [-0.25, -0.2) is 0 Å². The molecule has 0 aromatic carbocycles. The highest BCUT2D eigenvalue weighted by Gasteiger charge is 2.51.